The SMILES string of the molecule is CC1(C)OC12[C@H]1c3ccccc3[C@H]2[C@H]2[C@H]3O[C@H]3[C@H]3O[C@H]3[C@@H]21. The van der Waals surface area contributed by atoms with Gasteiger partial charge in [0.15, 0.2) is 0 Å². The van der Waals surface area contributed by atoms with Gasteiger partial charge in [-0.2, -0.15) is 0 Å². The van der Waals surface area contributed by atoms with E-state index in [0.717, 1.165) is 0 Å². The summed E-state index contributed by atoms with van der Waals surface area (Å²) in [5, 5.41) is 0. The van der Waals surface area contributed by atoms with E-state index in [0.29, 0.717) is 48.1 Å². The van der Waals surface area contributed by atoms with Crippen LogP contribution in [0, 0.1) is 11.8 Å². The summed E-state index contributed by atoms with van der Waals surface area (Å²) >= 11 is 0. The Labute approximate surface area is 123 Å². The zero-order valence-corrected chi connectivity index (χ0v) is 12.2. The van der Waals surface area contributed by atoms with Crippen molar-refractivity contribution in [1.82, 2.24) is 0 Å². The van der Waals surface area contributed by atoms with E-state index in [9.17, 15) is 0 Å². The molecule has 3 heterocycles. The molecule has 21 heavy (non-hydrogen) atoms. The molecule has 0 aromatic heterocycles. The number of hydrogen-bond donors (Lipinski definition) is 0. The smallest absolute Gasteiger partial charge is 0.113 e. The molecule has 0 radical (unpaired) electrons. The lowest BCUT2D eigenvalue weighted by Gasteiger charge is -2.31. The predicted molar refractivity (Wildman–Crippen MR) is 74.1 cm³/mol. The Kier molecular flexibility index (Phi) is 1.39. The third-order valence-electron chi connectivity index (χ3n) is 7.33. The largest absolute Gasteiger partial charge is 0.366 e. The van der Waals surface area contributed by atoms with Gasteiger partial charge in [0.1, 0.15) is 17.8 Å². The Morgan fingerprint density at radius 3 is 1.71 bits per heavy atom. The van der Waals surface area contributed by atoms with E-state index in [4.69, 9.17) is 14.2 Å². The maximum absolute atomic E-state index is 6.44. The zero-order valence-electron chi connectivity index (χ0n) is 12.2. The lowest BCUT2D eigenvalue weighted by molar-refractivity contribution is 0.195. The fourth-order valence-electron chi connectivity index (χ4n) is 6.67. The monoisotopic (exact) mass is 282 g/mol. The molecule has 3 nitrogen and oxygen atoms in total. The minimum absolute atomic E-state index is 0.00648. The topological polar surface area (TPSA) is 37.6 Å². The Morgan fingerprint density at radius 2 is 1.29 bits per heavy atom. The quantitative estimate of drug-likeness (QED) is 0.685. The van der Waals surface area contributed by atoms with E-state index in [2.05, 4.69) is 38.1 Å². The molecule has 0 amide bonds. The molecule has 9 atom stereocenters. The van der Waals surface area contributed by atoms with Crippen molar-refractivity contribution in [3.05, 3.63) is 35.4 Å². The first-order valence-corrected chi connectivity index (χ1v) is 8.25. The van der Waals surface area contributed by atoms with Gasteiger partial charge in [0.2, 0.25) is 0 Å². The van der Waals surface area contributed by atoms with Crippen molar-refractivity contribution in [1.29, 1.82) is 0 Å². The van der Waals surface area contributed by atoms with Gasteiger partial charge in [-0.1, -0.05) is 24.3 Å². The van der Waals surface area contributed by atoms with Crippen LogP contribution in [0.4, 0.5) is 0 Å². The Morgan fingerprint density at radius 1 is 0.810 bits per heavy atom. The van der Waals surface area contributed by atoms with Gasteiger partial charge in [0.25, 0.3) is 0 Å². The van der Waals surface area contributed by atoms with E-state index in [1.54, 1.807) is 0 Å². The highest BCUT2D eigenvalue weighted by Gasteiger charge is 2.87. The molecular formula is C18H18O3. The molecule has 1 aromatic rings. The molecule has 2 bridgehead atoms. The van der Waals surface area contributed by atoms with E-state index >= 15 is 0 Å². The van der Waals surface area contributed by atoms with Crippen molar-refractivity contribution < 1.29 is 14.2 Å². The lowest BCUT2D eigenvalue weighted by Crippen LogP contribution is -2.36. The molecule has 3 saturated heterocycles. The highest BCUT2D eigenvalue weighted by molar-refractivity contribution is 5.56. The minimum Gasteiger partial charge on any atom is -0.366 e. The van der Waals surface area contributed by atoms with Crippen LogP contribution in [0.2, 0.25) is 0 Å². The van der Waals surface area contributed by atoms with E-state index in [-0.39, 0.29) is 11.2 Å². The Hall–Kier alpha value is -0.900. The van der Waals surface area contributed by atoms with E-state index < -0.39 is 0 Å². The van der Waals surface area contributed by atoms with Crippen molar-refractivity contribution in [3.8, 4) is 0 Å². The fraction of sp³-hybridized carbons (Fsp3) is 0.667. The average Bonchev–Trinajstić information content (AvgIpc) is 3.34. The number of benzene rings is 1. The first kappa shape index (κ1) is 10.8. The number of hydrogen-bond acceptors (Lipinski definition) is 3. The first-order chi connectivity index (χ1) is 10.2. The van der Waals surface area contributed by atoms with Crippen molar-refractivity contribution in [2.45, 2.75) is 61.3 Å². The molecule has 3 aliphatic carbocycles. The van der Waals surface area contributed by atoms with Gasteiger partial charge >= 0.3 is 0 Å². The fourth-order valence-corrected chi connectivity index (χ4v) is 6.67. The van der Waals surface area contributed by atoms with E-state index in [1.165, 1.54) is 11.1 Å². The molecule has 1 aromatic carbocycles. The Balaban J connectivity index is 1.51. The second-order valence-corrected chi connectivity index (χ2v) is 8.28. The second kappa shape index (κ2) is 2.70. The summed E-state index contributed by atoms with van der Waals surface area (Å²) in [6.07, 6.45) is 1.64. The van der Waals surface area contributed by atoms with Crippen LogP contribution in [-0.4, -0.2) is 35.6 Å². The number of ether oxygens (including phenoxy) is 3. The predicted octanol–water partition coefficient (Wildman–Crippen LogP) is 2.21. The van der Waals surface area contributed by atoms with Crippen molar-refractivity contribution in [2.24, 2.45) is 11.8 Å². The van der Waals surface area contributed by atoms with Crippen LogP contribution in [0.3, 0.4) is 0 Å². The zero-order chi connectivity index (χ0) is 13.7. The maximum Gasteiger partial charge on any atom is 0.113 e. The van der Waals surface area contributed by atoms with Gasteiger partial charge < -0.3 is 14.2 Å². The highest BCUT2D eigenvalue weighted by atomic mass is 16.7. The lowest BCUT2D eigenvalue weighted by atomic mass is 9.69. The molecule has 1 spiro atoms. The van der Waals surface area contributed by atoms with Gasteiger partial charge in [0.05, 0.1) is 17.8 Å². The summed E-state index contributed by atoms with van der Waals surface area (Å²) in [4.78, 5) is 0. The molecule has 0 N–H and O–H groups in total. The third kappa shape index (κ3) is 0.893. The van der Waals surface area contributed by atoms with Crippen molar-refractivity contribution in [2.75, 3.05) is 0 Å². The first-order valence-electron chi connectivity index (χ1n) is 8.25. The molecular weight excluding hydrogens is 264 g/mol. The van der Waals surface area contributed by atoms with Gasteiger partial charge in [0, 0.05) is 23.7 Å². The van der Waals surface area contributed by atoms with Gasteiger partial charge in [-0.15, -0.1) is 0 Å². The van der Waals surface area contributed by atoms with Crippen LogP contribution in [0.15, 0.2) is 24.3 Å². The summed E-state index contributed by atoms with van der Waals surface area (Å²) in [6, 6.07) is 9.02. The number of epoxide rings is 3. The Bertz CT molecular complexity index is 661. The van der Waals surface area contributed by atoms with Crippen LogP contribution in [0.1, 0.15) is 36.8 Å². The minimum atomic E-state index is -0.00648. The molecule has 6 aliphatic rings. The molecule has 7 rings (SSSR count). The molecule has 2 saturated carbocycles. The van der Waals surface area contributed by atoms with Crippen LogP contribution in [0.5, 0.6) is 0 Å². The van der Waals surface area contributed by atoms with Gasteiger partial charge in [-0.3, -0.25) is 0 Å². The van der Waals surface area contributed by atoms with Gasteiger partial charge in [-0.25, -0.2) is 0 Å². The summed E-state index contributed by atoms with van der Waals surface area (Å²) in [7, 11) is 0. The number of fused-ring (bicyclic) bond motifs is 11. The molecule has 108 valence electrons. The molecule has 5 fully saturated rings. The van der Waals surface area contributed by atoms with Gasteiger partial charge in [-0.05, 0) is 25.0 Å². The summed E-state index contributed by atoms with van der Waals surface area (Å²) < 4.78 is 18.5. The average molecular weight is 282 g/mol. The van der Waals surface area contributed by atoms with Crippen LogP contribution < -0.4 is 0 Å². The van der Waals surface area contributed by atoms with E-state index in [1.807, 2.05) is 0 Å². The molecule has 1 unspecified atom stereocenters. The van der Waals surface area contributed by atoms with Crippen molar-refractivity contribution in [3.63, 3.8) is 0 Å². The molecule has 3 heteroatoms. The van der Waals surface area contributed by atoms with Crippen LogP contribution >= 0.6 is 0 Å². The van der Waals surface area contributed by atoms with Crippen LogP contribution in [0.25, 0.3) is 0 Å². The summed E-state index contributed by atoms with van der Waals surface area (Å²) in [6.45, 7) is 4.54. The standard InChI is InChI=1S/C18H18O3/c1-17(2)18(21-17)11-7-5-3-4-6-8(7)12(18)10-9(11)13-15(19-13)16-14(10)20-16/h3-6,9-16H,1-2H3/t9-,10-,11-,12-,13-,14+,15-,16+,18?/m0/s1. The van der Waals surface area contributed by atoms with Crippen LogP contribution in [-0.2, 0) is 14.2 Å². The highest BCUT2D eigenvalue weighted by Crippen LogP contribution is 2.81. The molecule has 3 aliphatic heterocycles. The maximum atomic E-state index is 6.44. The van der Waals surface area contributed by atoms with Crippen molar-refractivity contribution >= 4 is 0 Å². The second-order valence-electron chi connectivity index (χ2n) is 8.28. The third-order valence-corrected chi connectivity index (χ3v) is 7.33. The normalized spacial score (nSPS) is 61.8. The summed E-state index contributed by atoms with van der Waals surface area (Å²) in [5.74, 6) is 2.25. The number of rotatable bonds is 0. The summed E-state index contributed by atoms with van der Waals surface area (Å²) in [5.41, 5.74) is 3.07.